The number of nitrogens with zero attached hydrogens (tertiary/aromatic N) is 2. The first-order valence-corrected chi connectivity index (χ1v) is 9.12. The monoisotopic (exact) mass is 313 g/mol. The molecule has 1 saturated heterocycles. The molecule has 0 aromatic carbocycles. The average Bonchev–Trinajstić information content (AvgIpc) is 2.69. The van der Waals surface area contributed by atoms with Crippen LogP contribution in [-0.4, -0.2) is 28.6 Å². The van der Waals surface area contributed by atoms with E-state index in [0.29, 0.717) is 11.3 Å². The number of aromatic nitrogens is 1. The van der Waals surface area contributed by atoms with E-state index < -0.39 is 0 Å². The van der Waals surface area contributed by atoms with Crippen LogP contribution in [0.2, 0.25) is 0 Å². The fourth-order valence-electron chi connectivity index (χ4n) is 2.41. The maximum Gasteiger partial charge on any atom is 0.185 e. The molecule has 20 heavy (non-hydrogen) atoms. The number of hydrogen-bond acceptors (Lipinski definition) is 5. The summed E-state index contributed by atoms with van der Waals surface area (Å²) in [6.45, 7) is 14.1. The summed E-state index contributed by atoms with van der Waals surface area (Å²) >= 11 is 3.86. The fraction of sp³-hybridized carbons (Fsp3) is 0.800. The van der Waals surface area contributed by atoms with Crippen molar-refractivity contribution < 1.29 is 0 Å². The van der Waals surface area contributed by atoms with Crippen LogP contribution >= 0.6 is 23.1 Å². The van der Waals surface area contributed by atoms with Crippen LogP contribution in [-0.2, 0) is 12.0 Å². The SMILES string of the molecule is CC1(C)CCN(c2nc(C(C)(C)C)c(CN)s2)CCS1. The van der Waals surface area contributed by atoms with Crippen molar-refractivity contribution in [1.29, 1.82) is 0 Å². The van der Waals surface area contributed by atoms with Crippen LogP contribution in [0.5, 0.6) is 0 Å². The second kappa shape index (κ2) is 5.85. The lowest BCUT2D eigenvalue weighted by molar-refractivity contribution is 0.565. The Kier molecular flexibility index (Phi) is 4.72. The maximum absolute atomic E-state index is 5.91. The number of thioether (sulfide) groups is 1. The van der Waals surface area contributed by atoms with Crippen molar-refractivity contribution in [2.75, 3.05) is 23.7 Å². The minimum Gasteiger partial charge on any atom is -0.347 e. The quantitative estimate of drug-likeness (QED) is 0.905. The van der Waals surface area contributed by atoms with Crippen LogP contribution in [0.1, 0.15) is 51.6 Å². The van der Waals surface area contributed by atoms with Crippen molar-refractivity contribution in [3.8, 4) is 0 Å². The predicted octanol–water partition coefficient (Wildman–Crippen LogP) is 3.62. The molecule has 1 aromatic rings. The molecule has 2 rings (SSSR count). The van der Waals surface area contributed by atoms with Gasteiger partial charge in [-0.3, -0.25) is 0 Å². The number of thiazole rings is 1. The minimum atomic E-state index is 0.0727. The Bertz CT molecular complexity index is 460. The molecule has 2 N–H and O–H groups in total. The third-order valence-corrected chi connectivity index (χ3v) is 6.20. The molecule has 0 saturated carbocycles. The van der Waals surface area contributed by atoms with Crippen molar-refractivity contribution in [2.45, 2.75) is 57.7 Å². The van der Waals surface area contributed by atoms with Gasteiger partial charge >= 0.3 is 0 Å². The van der Waals surface area contributed by atoms with Gasteiger partial charge in [-0.25, -0.2) is 4.98 Å². The molecule has 1 aliphatic rings. The van der Waals surface area contributed by atoms with Crippen LogP contribution in [0.25, 0.3) is 0 Å². The normalized spacial score (nSPS) is 20.0. The lowest BCUT2D eigenvalue weighted by atomic mass is 9.91. The molecule has 0 amide bonds. The predicted molar refractivity (Wildman–Crippen MR) is 92.1 cm³/mol. The molecular formula is C15H27N3S2. The van der Waals surface area contributed by atoms with Crippen molar-refractivity contribution in [3.05, 3.63) is 10.6 Å². The minimum absolute atomic E-state index is 0.0727. The maximum atomic E-state index is 5.91. The Labute approximate surface area is 131 Å². The highest BCUT2D eigenvalue weighted by Gasteiger charge is 2.28. The largest absolute Gasteiger partial charge is 0.347 e. The highest BCUT2D eigenvalue weighted by Crippen LogP contribution is 2.36. The standard InChI is InChI=1S/C15H27N3S2/c1-14(2,3)12-11(10-16)20-13(17-12)18-7-6-15(4,5)19-9-8-18/h6-10,16H2,1-5H3. The Morgan fingerprint density at radius 1 is 1.30 bits per heavy atom. The molecule has 0 spiro atoms. The van der Waals surface area contributed by atoms with Gasteiger partial charge in [-0.2, -0.15) is 11.8 Å². The Morgan fingerprint density at radius 2 is 2.00 bits per heavy atom. The van der Waals surface area contributed by atoms with E-state index in [1.165, 1.54) is 22.7 Å². The molecule has 5 heteroatoms. The Morgan fingerprint density at radius 3 is 2.55 bits per heavy atom. The van der Waals surface area contributed by atoms with E-state index in [-0.39, 0.29) is 5.41 Å². The summed E-state index contributed by atoms with van der Waals surface area (Å²) in [6.07, 6.45) is 1.21. The summed E-state index contributed by atoms with van der Waals surface area (Å²) in [5.74, 6) is 1.18. The van der Waals surface area contributed by atoms with Crippen LogP contribution in [0.15, 0.2) is 0 Å². The smallest absolute Gasteiger partial charge is 0.185 e. The first-order valence-electron chi connectivity index (χ1n) is 7.32. The summed E-state index contributed by atoms with van der Waals surface area (Å²) < 4.78 is 0.384. The molecule has 0 aliphatic carbocycles. The molecular weight excluding hydrogens is 286 g/mol. The topological polar surface area (TPSA) is 42.2 Å². The van der Waals surface area contributed by atoms with E-state index in [4.69, 9.17) is 10.7 Å². The summed E-state index contributed by atoms with van der Waals surface area (Å²) in [7, 11) is 0. The second-order valence-corrected chi connectivity index (χ2v) is 9.93. The summed E-state index contributed by atoms with van der Waals surface area (Å²) in [5.41, 5.74) is 7.16. The fourth-order valence-corrected chi connectivity index (χ4v) is 4.71. The zero-order valence-electron chi connectivity index (χ0n) is 13.3. The van der Waals surface area contributed by atoms with Crippen LogP contribution < -0.4 is 10.6 Å². The van der Waals surface area contributed by atoms with Crippen LogP contribution in [0, 0.1) is 0 Å². The van der Waals surface area contributed by atoms with E-state index in [0.717, 1.165) is 18.2 Å². The molecule has 0 bridgehead atoms. The van der Waals surface area contributed by atoms with Gasteiger partial charge in [0.05, 0.1) is 5.69 Å². The number of hydrogen-bond donors (Lipinski definition) is 1. The van der Waals surface area contributed by atoms with Crippen LogP contribution in [0.3, 0.4) is 0 Å². The molecule has 1 aromatic heterocycles. The number of nitrogens with two attached hydrogens (primary N) is 1. The highest BCUT2D eigenvalue weighted by molar-refractivity contribution is 8.00. The molecule has 0 atom stereocenters. The first-order chi connectivity index (χ1) is 9.23. The number of anilines is 1. The molecule has 0 radical (unpaired) electrons. The van der Waals surface area contributed by atoms with Gasteiger partial charge in [-0.05, 0) is 6.42 Å². The van der Waals surface area contributed by atoms with E-state index in [2.05, 4.69) is 51.3 Å². The van der Waals surface area contributed by atoms with Gasteiger partial charge in [0.15, 0.2) is 5.13 Å². The van der Waals surface area contributed by atoms with E-state index in [1.807, 2.05) is 0 Å². The van der Waals surface area contributed by atoms with Crippen LogP contribution in [0.4, 0.5) is 5.13 Å². The van der Waals surface area contributed by atoms with Crippen molar-refractivity contribution in [1.82, 2.24) is 4.98 Å². The first kappa shape index (κ1) is 16.1. The molecule has 114 valence electrons. The van der Waals surface area contributed by atoms with Gasteiger partial charge < -0.3 is 10.6 Å². The molecule has 0 unspecified atom stereocenters. The van der Waals surface area contributed by atoms with E-state index >= 15 is 0 Å². The van der Waals surface area contributed by atoms with Gasteiger partial charge in [0.25, 0.3) is 0 Å². The summed E-state index contributed by atoms with van der Waals surface area (Å²) in [4.78, 5) is 8.61. The lowest BCUT2D eigenvalue weighted by Gasteiger charge is -2.22. The van der Waals surface area contributed by atoms with E-state index in [9.17, 15) is 0 Å². The second-order valence-electron chi connectivity index (χ2n) is 7.07. The van der Waals surface area contributed by atoms with Gasteiger partial charge in [-0.15, -0.1) is 11.3 Å². The highest BCUT2D eigenvalue weighted by atomic mass is 32.2. The lowest BCUT2D eigenvalue weighted by Crippen LogP contribution is -2.27. The summed E-state index contributed by atoms with van der Waals surface area (Å²) in [5, 5.41) is 1.16. The molecule has 1 fully saturated rings. The zero-order valence-corrected chi connectivity index (χ0v) is 15.0. The Balaban J connectivity index is 2.23. The van der Waals surface area contributed by atoms with Gasteiger partial charge in [0.2, 0.25) is 0 Å². The third kappa shape index (κ3) is 3.68. The van der Waals surface area contributed by atoms with Gasteiger partial charge in [0.1, 0.15) is 0 Å². The van der Waals surface area contributed by atoms with E-state index in [1.54, 1.807) is 11.3 Å². The van der Waals surface area contributed by atoms with Crippen molar-refractivity contribution >= 4 is 28.2 Å². The average molecular weight is 314 g/mol. The molecule has 2 heterocycles. The summed E-state index contributed by atoms with van der Waals surface area (Å²) in [6, 6.07) is 0. The van der Waals surface area contributed by atoms with Gasteiger partial charge in [-0.1, -0.05) is 34.6 Å². The van der Waals surface area contributed by atoms with Crippen molar-refractivity contribution in [3.63, 3.8) is 0 Å². The van der Waals surface area contributed by atoms with Crippen molar-refractivity contribution in [2.24, 2.45) is 5.73 Å². The molecule has 1 aliphatic heterocycles. The molecule has 3 nitrogen and oxygen atoms in total. The zero-order chi connectivity index (χ0) is 15.0. The third-order valence-electron chi connectivity index (χ3n) is 3.69. The number of rotatable bonds is 2. The Hall–Kier alpha value is -0.260. The van der Waals surface area contributed by atoms with Gasteiger partial charge in [0, 0.05) is 40.4 Å².